The van der Waals surface area contributed by atoms with Crippen molar-refractivity contribution in [1.82, 2.24) is 0 Å². The van der Waals surface area contributed by atoms with Crippen LogP contribution in [0.25, 0.3) is 0 Å². The van der Waals surface area contributed by atoms with Gasteiger partial charge in [0.05, 0.1) is 0 Å². The van der Waals surface area contributed by atoms with Crippen molar-refractivity contribution >= 4 is 33.3 Å². The van der Waals surface area contributed by atoms with Crippen LogP contribution in [-0.2, 0) is 4.79 Å². The number of hydrogen-bond donors (Lipinski definition) is 1. The maximum absolute atomic E-state index is 10.3. The van der Waals surface area contributed by atoms with Crippen molar-refractivity contribution in [1.29, 1.82) is 0 Å². The monoisotopic (exact) mass is 488 g/mol. The fraction of sp³-hybridized carbons (Fsp3) is 0.722. The molecule has 1 N–H and O–H groups in total. The molecule has 0 aromatic carbocycles. The molecule has 0 aliphatic carbocycles. The third-order valence-corrected chi connectivity index (χ3v) is 3.34. The Hall–Kier alpha value is -0.128. The molecule has 0 aromatic heterocycles. The first kappa shape index (κ1) is 23.1. The zero-order valence-corrected chi connectivity index (χ0v) is 17.5. The van der Waals surface area contributed by atoms with Crippen LogP contribution < -0.4 is 0 Å². The summed E-state index contributed by atoms with van der Waals surface area (Å²) in [5.41, 5.74) is 0. The molecule has 0 aliphatic heterocycles. The van der Waals surface area contributed by atoms with Gasteiger partial charge in [-0.2, -0.15) is 0 Å². The van der Waals surface area contributed by atoms with Gasteiger partial charge in [-0.05, 0) is 38.5 Å². The largest absolute Gasteiger partial charge is 0.481 e. The molecular weight excluding hydrogens is 455 g/mol. The Morgan fingerprint density at radius 1 is 0.810 bits per heavy atom. The molecule has 21 heavy (non-hydrogen) atoms. The van der Waals surface area contributed by atoms with Crippen molar-refractivity contribution in [3.63, 3.8) is 0 Å². The zero-order chi connectivity index (χ0) is 14.9. The van der Waals surface area contributed by atoms with Crippen molar-refractivity contribution in [3.05, 3.63) is 24.3 Å². The molecule has 0 spiro atoms. The molecule has 0 bridgehead atoms. The fourth-order valence-electron chi connectivity index (χ4n) is 2.09. The van der Waals surface area contributed by atoms with E-state index < -0.39 is 5.97 Å². The second-order valence-electron chi connectivity index (χ2n) is 5.37. The number of hydrogen-bond acceptors (Lipinski definition) is 1. The Morgan fingerprint density at radius 3 is 1.90 bits per heavy atom. The summed E-state index contributed by atoms with van der Waals surface area (Å²) in [6, 6.07) is 0. The van der Waals surface area contributed by atoms with E-state index in [-0.39, 0.29) is 27.3 Å². The second-order valence-corrected chi connectivity index (χ2v) is 5.37. The van der Waals surface area contributed by atoms with E-state index in [0.29, 0.717) is 6.42 Å². The Balaban J connectivity index is 0. The molecule has 0 atom stereocenters. The van der Waals surface area contributed by atoms with Gasteiger partial charge in [0.25, 0.3) is 0 Å². The second kappa shape index (κ2) is 19.9. The molecule has 4 radical (unpaired) electrons. The van der Waals surface area contributed by atoms with Crippen LogP contribution in [0.3, 0.4) is 0 Å². The maximum atomic E-state index is 10.3. The van der Waals surface area contributed by atoms with Gasteiger partial charge in [-0.25, -0.2) is 0 Å². The summed E-state index contributed by atoms with van der Waals surface area (Å²) in [5, 5.41) is 8.50. The molecular formula is C18H32O2Pb. The molecule has 0 amide bonds. The van der Waals surface area contributed by atoms with Gasteiger partial charge in [-0.15, -0.1) is 0 Å². The minimum atomic E-state index is -0.671. The van der Waals surface area contributed by atoms with Gasteiger partial charge in [-0.1, -0.05) is 63.3 Å². The van der Waals surface area contributed by atoms with Crippen LogP contribution in [0.2, 0.25) is 0 Å². The summed E-state index contributed by atoms with van der Waals surface area (Å²) in [6.45, 7) is 2.23. The van der Waals surface area contributed by atoms with Crippen LogP contribution in [0.4, 0.5) is 0 Å². The van der Waals surface area contributed by atoms with Gasteiger partial charge in [-0.3, -0.25) is 4.79 Å². The van der Waals surface area contributed by atoms with Crippen LogP contribution in [0.1, 0.15) is 84.0 Å². The molecule has 0 fully saturated rings. The van der Waals surface area contributed by atoms with Gasteiger partial charge in [0, 0.05) is 33.7 Å². The number of unbranched alkanes of at least 4 members (excludes halogenated alkanes) is 8. The summed E-state index contributed by atoms with van der Waals surface area (Å²) < 4.78 is 0. The summed E-state index contributed by atoms with van der Waals surface area (Å²) in [7, 11) is 0. The average molecular weight is 488 g/mol. The van der Waals surface area contributed by atoms with Crippen molar-refractivity contribution < 1.29 is 9.90 Å². The molecule has 0 heterocycles. The predicted molar refractivity (Wildman–Crippen MR) is 92.7 cm³/mol. The molecule has 0 saturated carbocycles. The van der Waals surface area contributed by atoms with Gasteiger partial charge in [0.2, 0.25) is 0 Å². The molecule has 3 heteroatoms. The van der Waals surface area contributed by atoms with E-state index in [1.807, 2.05) is 0 Å². The first-order chi connectivity index (χ1) is 9.77. The Bertz CT molecular complexity index is 272. The van der Waals surface area contributed by atoms with E-state index in [0.717, 1.165) is 25.7 Å². The first-order valence-corrected chi connectivity index (χ1v) is 8.29. The van der Waals surface area contributed by atoms with Crippen LogP contribution in [0, 0.1) is 0 Å². The van der Waals surface area contributed by atoms with Crippen molar-refractivity contribution in [2.45, 2.75) is 84.0 Å². The molecule has 2 nitrogen and oxygen atoms in total. The SMILES string of the molecule is CCCCC/C=C\C/C=C\CCCCCCCC(=O)O.[Pb]. The molecule has 120 valence electrons. The van der Waals surface area contributed by atoms with Crippen molar-refractivity contribution in [2.24, 2.45) is 0 Å². The minimum Gasteiger partial charge on any atom is -0.481 e. The van der Waals surface area contributed by atoms with E-state index in [1.165, 1.54) is 44.9 Å². The van der Waals surface area contributed by atoms with E-state index in [1.54, 1.807) is 0 Å². The first-order valence-electron chi connectivity index (χ1n) is 8.29. The van der Waals surface area contributed by atoms with Gasteiger partial charge in [0.1, 0.15) is 0 Å². The number of carboxylic acid groups (broad SMARTS) is 1. The van der Waals surface area contributed by atoms with E-state index in [4.69, 9.17) is 5.11 Å². The normalized spacial score (nSPS) is 11.1. The predicted octanol–water partition coefficient (Wildman–Crippen LogP) is 5.50. The van der Waals surface area contributed by atoms with E-state index >= 15 is 0 Å². The fourth-order valence-corrected chi connectivity index (χ4v) is 2.09. The number of carbonyl (C=O) groups is 1. The quantitative estimate of drug-likeness (QED) is 0.199. The van der Waals surface area contributed by atoms with Gasteiger partial charge < -0.3 is 5.11 Å². The maximum Gasteiger partial charge on any atom is 0.303 e. The average Bonchev–Trinajstić information content (AvgIpc) is 2.43. The van der Waals surface area contributed by atoms with Crippen molar-refractivity contribution in [3.8, 4) is 0 Å². The van der Waals surface area contributed by atoms with E-state index in [9.17, 15) is 4.79 Å². The smallest absolute Gasteiger partial charge is 0.303 e. The number of carboxylic acids is 1. The Kier molecular flexibility index (Phi) is 21.9. The summed E-state index contributed by atoms with van der Waals surface area (Å²) in [4.78, 5) is 10.3. The van der Waals surface area contributed by atoms with Crippen LogP contribution in [0.5, 0.6) is 0 Å². The minimum absolute atomic E-state index is 0. The van der Waals surface area contributed by atoms with Crippen LogP contribution in [-0.4, -0.2) is 38.4 Å². The molecule has 0 saturated heterocycles. The number of aliphatic carboxylic acids is 1. The molecule has 0 unspecified atom stereocenters. The third-order valence-electron chi connectivity index (χ3n) is 3.34. The molecule has 0 rings (SSSR count). The summed E-state index contributed by atoms with van der Waals surface area (Å²) in [5.74, 6) is -0.671. The number of allylic oxidation sites excluding steroid dienone is 4. The standard InChI is InChI=1S/C18H32O2.Pb/c1-2-3-4-5-6-7-8-9-10-11-12-13-14-15-16-17-18(19)20;/h6-7,9-10H,2-5,8,11-17H2,1H3,(H,19,20);/b7-6-,10-9-;. The summed E-state index contributed by atoms with van der Waals surface area (Å²) >= 11 is 0. The Labute approximate surface area is 151 Å². The van der Waals surface area contributed by atoms with E-state index in [2.05, 4.69) is 31.2 Å². The van der Waals surface area contributed by atoms with Crippen LogP contribution >= 0.6 is 0 Å². The zero-order valence-electron chi connectivity index (χ0n) is 13.7. The Morgan fingerprint density at radius 2 is 1.33 bits per heavy atom. The van der Waals surface area contributed by atoms with Gasteiger partial charge >= 0.3 is 5.97 Å². The van der Waals surface area contributed by atoms with Crippen LogP contribution in [0.15, 0.2) is 24.3 Å². The third kappa shape index (κ3) is 22.3. The molecule has 0 aromatic rings. The summed E-state index contributed by atoms with van der Waals surface area (Å²) in [6.07, 6.45) is 22.3. The van der Waals surface area contributed by atoms with Gasteiger partial charge in [0.15, 0.2) is 0 Å². The molecule has 0 aliphatic rings. The topological polar surface area (TPSA) is 37.3 Å². The van der Waals surface area contributed by atoms with Crippen molar-refractivity contribution in [2.75, 3.05) is 0 Å². The number of rotatable bonds is 14.